The Morgan fingerprint density at radius 3 is 2.00 bits per heavy atom. The molecule has 0 radical (unpaired) electrons. The summed E-state index contributed by atoms with van der Waals surface area (Å²) in [4.78, 5) is 36.9. The molecule has 0 aliphatic heterocycles. The molecule has 0 atom stereocenters. The van der Waals surface area contributed by atoms with E-state index in [1.165, 1.54) is 13.2 Å². The van der Waals surface area contributed by atoms with Gasteiger partial charge >= 0.3 is 5.97 Å². The van der Waals surface area contributed by atoms with E-state index in [1.807, 2.05) is 18.2 Å². The van der Waals surface area contributed by atoms with E-state index in [9.17, 15) is 14.4 Å². The number of esters is 1. The predicted molar refractivity (Wildman–Crippen MR) is 107 cm³/mol. The topological polar surface area (TPSA) is 84.5 Å². The molecule has 140 valence electrons. The van der Waals surface area contributed by atoms with Crippen LogP contribution in [0.25, 0.3) is 0 Å². The SMILES string of the molecule is COC(=O)c1ccccc1NC(=O)c1cccc(C(=O)Nc2ccccc2)c1. The van der Waals surface area contributed by atoms with Crippen LogP contribution in [0.2, 0.25) is 0 Å². The van der Waals surface area contributed by atoms with Gasteiger partial charge in [0.05, 0.1) is 18.4 Å². The van der Waals surface area contributed by atoms with Crippen LogP contribution in [0.4, 0.5) is 11.4 Å². The number of nitrogens with one attached hydrogen (secondary N) is 2. The van der Waals surface area contributed by atoms with Crippen molar-refractivity contribution in [3.63, 3.8) is 0 Å². The number of benzene rings is 3. The molecule has 28 heavy (non-hydrogen) atoms. The quantitative estimate of drug-likeness (QED) is 0.662. The fraction of sp³-hybridized carbons (Fsp3) is 0.0455. The molecule has 0 saturated carbocycles. The third-order valence-electron chi connectivity index (χ3n) is 4.00. The standard InChI is InChI=1S/C22H18N2O4/c1-28-22(27)18-12-5-6-13-19(18)24-21(26)16-9-7-8-15(14-16)20(25)23-17-10-3-2-4-11-17/h2-14H,1H3,(H,23,25)(H,24,26). The van der Waals surface area contributed by atoms with Crippen molar-refractivity contribution in [2.24, 2.45) is 0 Å². The van der Waals surface area contributed by atoms with Crippen LogP contribution in [0.1, 0.15) is 31.1 Å². The molecule has 0 spiro atoms. The number of rotatable bonds is 5. The van der Waals surface area contributed by atoms with Crippen LogP contribution in [0, 0.1) is 0 Å². The maximum atomic E-state index is 12.6. The number of ether oxygens (including phenoxy) is 1. The van der Waals surface area contributed by atoms with Gasteiger partial charge in [-0.1, -0.05) is 36.4 Å². The van der Waals surface area contributed by atoms with E-state index in [1.54, 1.807) is 54.6 Å². The van der Waals surface area contributed by atoms with Crippen LogP contribution in [0.5, 0.6) is 0 Å². The number of para-hydroxylation sites is 2. The molecule has 0 aliphatic carbocycles. The zero-order valence-corrected chi connectivity index (χ0v) is 15.1. The van der Waals surface area contributed by atoms with Gasteiger partial charge in [0.2, 0.25) is 0 Å². The third-order valence-corrected chi connectivity index (χ3v) is 4.00. The van der Waals surface area contributed by atoms with E-state index in [0.29, 0.717) is 22.5 Å². The highest BCUT2D eigenvalue weighted by Gasteiger charge is 2.15. The summed E-state index contributed by atoms with van der Waals surface area (Å²) in [5.41, 5.74) is 1.88. The van der Waals surface area contributed by atoms with Crippen molar-refractivity contribution >= 4 is 29.2 Å². The third kappa shape index (κ3) is 4.42. The predicted octanol–water partition coefficient (Wildman–Crippen LogP) is 3.98. The number of amides is 2. The molecule has 3 aromatic rings. The molecule has 0 aliphatic rings. The van der Waals surface area contributed by atoms with E-state index in [0.717, 1.165) is 0 Å². The molecule has 2 N–H and O–H groups in total. The lowest BCUT2D eigenvalue weighted by Crippen LogP contribution is -2.17. The van der Waals surface area contributed by atoms with Crippen molar-refractivity contribution in [2.75, 3.05) is 17.7 Å². The Labute approximate surface area is 162 Å². The fourth-order valence-electron chi connectivity index (χ4n) is 2.60. The Hall–Kier alpha value is -3.93. The Kier molecular flexibility index (Phi) is 5.81. The Morgan fingerprint density at radius 2 is 1.32 bits per heavy atom. The summed E-state index contributed by atoms with van der Waals surface area (Å²) in [5, 5.41) is 5.46. The van der Waals surface area contributed by atoms with Crippen LogP contribution in [-0.2, 0) is 4.74 Å². The van der Waals surface area contributed by atoms with E-state index >= 15 is 0 Å². The van der Waals surface area contributed by atoms with Gasteiger partial charge < -0.3 is 15.4 Å². The first kappa shape index (κ1) is 18.8. The number of hydrogen-bond donors (Lipinski definition) is 2. The molecule has 0 fully saturated rings. The molecule has 3 aromatic carbocycles. The van der Waals surface area contributed by atoms with Crippen molar-refractivity contribution < 1.29 is 19.1 Å². The summed E-state index contributed by atoms with van der Waals surface area (Å²) in [5.74, 6) is -1.31. The van der Waals surface area contributed by atoms with Gasteiger partial charge in [0.25, 0.3) is 11.8 Å². The van der Waals surface area contributed by atoms with Gasteiger partial charge in [-0.05, 0) is 42.5 Å². The van der Waals surface area contributed by atoms with Crippen molar-refractivity contribution in [2.45, 2.75) is 0 Å². The van der Waals surface area contributed by atoms with Crippen molar-refractivity contribution in [3.8, 4) is 0 Å². The van der Waals surface area contributed by atoms with Crippen LogP contribution in [0.3, 0.4) is 0 Å². The molecule has 0 bridgehead atoms. The van der Waals surface area contributed by atoms with Crippen LogP contribution in [0.15, 0.2) is 78.9 Å². The lowest BCUT2D eigenvalue weighted by atomic mass is 10.1. The van der Waals surface area contributed by atoms with E-state index in [-0.39, 0.29) is 11.5 Å². The average molecular weight is 374 g/mol. The molecule has 2 amide bonds. The average Bonchev–Trinajstić information content (AvgIpc) is 2.74. The lowest BCUT2D eigenvalue weighted by molar-refractivity contribution is 0.0602. The maximum Gasteiger partial charge on any atom is 0.339 e. The first-order valence-corrected chi connectivity index (χ1v) is 8.53. The largest absolute Gasteiger partial charge is 0.465 e. The minimum atomic E-state index is -0.549. The minimum absolute atomic E-state index is 0.247. The molecule has 3 rings (SSSR count). The number of carbonyl (C=O) groups excluding carboxylic acids is 3. The Morgan fingerprint density at radius 1 is 0.714 bits per heavy atom. The van der Waals surface area contributed by atoms with Gasteiger partial charge in [0.1, 0.15) is 0 Å². The zero-order chi connectivity index (χ0) is 19.9. The number of hydrogen-bond acceptors (Lipinski definition) is 4. The second kappa shape index (κ2) is 8.64. The first-order chi connectivity index (χ1) is 13.6. The summed E-state index contributed by atoms with van der Waals surface area (Å²) in [6, 6.07) is 21.9. The smallest absolute Gasteiger partial charge is 0.339 e. The first-order valence-electron chi connectivity index (χ1n) is 8.53. The Bertz CT molecular complexity index is 1020. The van der Waals surface area contributed by atoms with Crippen LogP contribution in [-0.4, -0.2) is 24.9 Å². The molecule has 0 aromatic heterocycles. The molecule has 0 heterocycles. The van der Waals surface area contributed by atoms with Gasteiger partial charge in [-0.25, -0.2) is 4.79 Å². The van der Waals surface area contributed by atoms with Crippen LogP contribution < -0.4 is 10.6 Å². The van der Waals surface area contributed by atoms with E-state index in [2.05, 4.69) is 10.6 Å². The number of methoxy groups -OCH3 is 1. The summed E-state index contributed by atoms with van der Waals surface area (Å²) >= 11 is 0. The Balaban J connectivity index is 1.78. The lowest BCUT2D eigenvalue weighted by Gasteiger charge is -2.10. The molecule has 6 nitrogen and oxygen atoms in total. The van der Waals surface area contributed by atoms with E-state index in [4.69, 9.17) is 4.74 Å². The summed E-state index contributed by atoms with van der Waals surface area (Å²) in [7, 11) is 1.27. The molecular weight excluding hydrogens is 356 g/mol. The van der Waals surface area contributed by atoms with Crippen molar-refractivity contribution in [3.05, 3.63) is 95.6 Å². The minimum Gasteiger partial charge on any atom is -0.465 e. The maximum absolute atomic E-state index is 12.6. The molecule has 0 saturated heterocycles. The highest BCUT2D eigenvalue weighted by molar-refractivity contribution is 6.10. The van der Waals surface area contributed by atoms with Gasteiger partial charge in [0.15, 0.2) is 0 Å². The summed E-state index contributed by atoms with van der Waals surface area (Å²) in [6.45, 7) is 0. The van der Waals surface area contributed by atoms with Gasteiger partial charge in [-0.15, -0.1) is 0 Å². The number of carbonyl (C=O) groups is 3. The summed E-state index contributed by atoms with van der Waals surface area (Å²) in [6.07, 6.45) is 0. The summed E-state index contributed by atoms with van der Waals surface area (Å²) < 4.78 is 4.73. The van der Waals surface area contributed by atoms with Crippen molar-refractivity contribution in [1.29, 1.82) is 0 Å². The molecule has 0 unspecified atom stereocenters. The monoisotopic (exact) mass is 374 g/mol. The van der Waals surface area contributed by atoms with Gasteiger partial charge in [-0.3, -0.25) is 9.59 Å². The van der Waals surface area contributed by atoms with Crippen molar-refractivity contribution in [1.82, 2.24) is 0 Å². The fourth-order valence-corrected chi connectivity index (χ4v) is 2.60. The highest BCUT2D eigenvalue weighted by Crippen LogP contribution is 2.18. The normalized spacial score (nSPS) is 10.0. The zero-order valence-electron chi connectivity index (χ0n) is 15.1. The highest BCUT2D eigenvalue weighted by atomic mass is 16.5. The van der Waals surface area contributed by atoms with Gasteiger partial charge in [0, 0.05) is 16.8 Å². The molecular formula is C22H18N2O4. The van der Waals surface area contributed by atoms with E-state index < -0.39 is 11.9 Å². The van der Waals surface area contributed by atoms with Gasteiger partial charge in [-0.2, -0.15) is 0 Å². The number of anilines is 2. The van der Waals surface area contributed by atoms with Crippen LogP contribution >= 0.6 is 0 Å². The second-order valence-corrected chi connectivity index (χ2v) is 5.89. The second-order valence-electron chi connectivity index (χ2n) is 5.89. The molecule has 6 heteroatoms.